The van der Waals surface area contributed by atoms with Gasteiger partial charge in [0, 0.05) is 4.88 Å². The Morgan fingerprint density at radius 1 is 1.25 bits per heavy atom. The molecule has 0 saturated heterocycles. The number of imidazole rings is 1. The molecule has 0 amide bonds. The van der Waals surface area contributed by atoms with Crippen LogP contribution in [0, 0.1) is 0 Å². The summed E-state index contributed by atoms with van der Waals surface area (Å²) < 4.78 is 0. The number of hydrogen-bond acceptors (Lipinski definition) is 3. The van der Waals surface area contributed by atoms with Gasteiger partial charge in [-0.1, -0.05) is 19.1 Å². The van der Waals surface area contributed by atoms with Gasteiger partial charge in [-0.25, -0.2) is 4.79 Å². The van der Waals surface area contributed by atoms with Crippen LogP contribution < -0.4 is 11.0 Å². The standard InChI is InChI=1S/C15H17N3OS/c1-2-7-16-14(13-4-3-8-20-13)10-5-6-11-12(9-10)18-15(19)17-11/h3-6,8-9,14,16H,2,7H2,1H3,(H2,17,18,19). The maximum atomic E-state index is 11.3. The normalized spacial score (nSPS) is 12.8. The van der Waals surface area contributed by atoms with Gasteiger partial charge in [-0.2, -0.15) is 0 Å². The van der Waals surface area contributed by atoms with Crippen molar-refractivity contribution >= 4 is 22.4 Å². The SMILES string of the molecule is CCCNC(c1ccc2[nH]c(=O)[nH]c2c1)c1cccs1. The lowest BCUT2D eigenvalue weighted by Gasteiger charge is -2.17. The Hall–Kier alpha value is -1.85. The Labute approximate surface area is 120 Å². The van der Waals surface area contributed by atoms with E-state index >= 15 is 0 Å². The molecule has 3 N–H and O–H groups in total. The maximum absolute atomic E-state index is 11.3. The fourth-order valence-electron chi connectivity index (χ4n) is 2.36. The summed E-state index contributed by atoms with van der Waals surface area (Å²) in [5, 5.41) is 5.66. The fraction of sp³-hybridized carbons (Fsp3) is 0.267. The number of aromatic amines is 2. The molecule has 1 unspecified atom stereocenters. The van der Waals surface area contributed by atoms with Crippen LogP contribution in [0.2, 0.25) is 0 Å². The van der Waals surface area contributed by atoms with Crippen molar-refractivity contribution in [1.29, 1.82) is 0 Å². The third-order valence-corrected chi connectivity index (χ3v) is 4.24. The van der Waals surface area contributed by atoms with Crippen LogP contribution in [0.15, 0.2) is 40.5 Å². The average molecular weight is 287 g/mol. The number of nitrogens with one attached hydrogen (secondary N) is 3. The predicted molar refractivity (Wildman–Crippen MR) is 83.4 cm³/mol. The van der Waals surface area contributed by atoms with Crippen LogP contribution in [0.3, 0.4) is 0 Å². The minimum atomic E-state index is -0.161. The summed E-state index contributed by atoms with van der Waals surface area (Å²) in [4.78, 5) is 18.2. The summed E-state index contributed by atoms with van der Waals surface area (Å²) in [6.45, 7) is 3.12. The highest BCUT2D eigenvalue weighted by Gasteiger charge is 2.15. The van der Waals surface area contributed by atoms with Crippen molar-refractivity contribution in [2.75, 3.05) is 6.54 Å². The largest absolute Gasteiger partial charge is 0.323 e. The molecule has 2 aromatic heterocycles. The smallest absolute Gasteiger partial charge is 0.306 e. The minimum Gasteiger partial charge on any atom is -0.306 e. The van der Waals surface area contributed by atoms with Gasteiger partial charge in [-0.05, 0) is 42.1 Å². The topological polar surface area (TPSA) is 60.7 Å². The van der Waals surface area contributed by atoms with Gasteiger partial charge in [0.1, 0.15) is 0 Å². The van der Waals surface area contributed by atoms with E-state index in [9.17, 15) is 4.79 Å². The van der Waals surface area contributed by atoms with Crippen LogP contribution in [0.5, 0.6) is 0 Å². The summed E-state index contributed by atoms with van der Waals surface area (Å²) in [5.74, 6) is 0. The molecule has 1 atom stereocenters. The zero-order valence-electron chi connectivity index (χ0n) is 11.3. The van der Waals surface area contributed by atoms with Gasteiger partial charge in [0.2, 0.25) is 0 Å². The number of hydrogen-bond donors (Lipinski definition) is 3. The highest BCUT2D eigenvalue weighted by atomic mass is 32.1. The molecular formula is C15H17N3OS. The molecule has 0 spiro atoms. The Morgan fingerprint density at radius 2 is 2.10 bits per heavy atom. The zero-order valence-corrected chi connectivity index (χ0v) is 12.1. The lowest BCUT2D eigenvalue weighted by atomic mass is 10.0. The van der Waals surface area contributed by atoms with Crippen LogP contribution in [0.4, 0.5) is 0 Å². The van der Waals surface area contributed by atoms with Crippen LogP contribution in [-0.4, -0.2) is 16.5 Å². The molecule has 0 saturated carbocycles. The van der Waals surface area contributed by atoms with Crippen molar-refractivity contribution in [3.8, 4) is 0 Å². The Balaban J connectivity index is 2.01. The van der Waals surface area contributed by atoms with Gasteiger partial charge in [-0.3, -0.25) is 0 Å². The van der Waals surface area contributed by atoms with E-state index in [2.05, 4.69) is 45.8 Å². The molecule has 3 rings (SSSR count). The monoisotopic (exact) mass is 287 g/mol. The van der Waals surface area contributed by atoms with Gasteiger partial charge in [0.25, 0.3) is 0 Å². The van der Waals surface area contributed by atoms with Crippen molar-refractivity contribution in [2.45, 2.75) is 19.4 Å². The molecule has 1 aromatic carbocycles. The minimum absolute atomic E-state index is 0.161. The van der Waals surface area contributed by atoms with Crippen LogP contribution >= 0.6 is 11.3 Å². The molecule has 0 radical (unpaired) electrons. The van der Waals surface area contributed by atoms with Gasteiger partial charge in [0.05, 0.1) is 17.1 Å². The lowest BCUT2D eigenvalue weighted by Crippen LogP contribution is -2.22. The molecule has 104 valence electrons. The second-order valence-corrected chi connectivity index (χ2v) is 5.77. The summed E-state index contributed by atoms with van der Waals surface area (Å²) >= 11 is 1.74. The second-order valence-electron chi connectivity index (χ2n) is 4.79. The first-order chi connectivity index (χ1) is 9.78. The maximum Gasteiger partial charge on any atom is 0.323 e. The molecule has 3 aromatic rings. The summed E-state index contributed by atoms with van der Waals surface area (Å²) in [7, 11) is 0. The number of rotatable bonds is 5. The van der Waals surface area contributed by atoms with Crippen LogP contribution in [0.25, 0.3) is 11.0 Å². The lowest BCUT2D eigenvalue weighted by molar-refractivity contribution is 0.606. The van der Waals surface area contributed by atoms with Gasteiger partial charge < -0.3 is 15.3 Å². The quantitative estimate of drug-likeness (QED) is 0.675. The first kappa shape index (κ1) is 13.1. The van der Waals surface area contributed by atoms with E-state index in [1.165, 1.54) is 10.4 Å². The molecule has 2 heterocycles. The van der Waals surface area contributed by atoms with Crippen molar-refractivity contribution in [2.24, 2.45) is 0 Å². The second kappa shape index (κ2) is 5.64. The number of fused-ring (bicyclic) bond motifs is 1. The average Bonchev–Trinajstić information content (AvgIpc) is 3.07. The summed E-state index contributed by atoms with van der Waals surface area (Å²) in [5.41, 5.74) is 2.71. The number of thiophene rings is 1. The molecule has 0 fully saturated rings. The van der Waals surface area contributed by atoms with E-state index in [0.29, 0.717) is 0 Å². The molecule has 4 nitrogen and oxygen atoms in total. The van der Waals surface area contributed by atoms with E-state index in [4.69, 9.17) is 0 Å². The molecule has 0 aliphatic carbocycles. The third kappa shape index (κ3) is 2.55. The van der Waals surface area contributed by atoms with Gasteiger partial charge in [0.15, 0.2) is 0 Å². The van der Waals surface area contributed by atoms with E-state index in [1.54, 1.807) is 11.3 Å². The van der Waals surface area contributed by atoms with Crippen molar-refractivity contribution in [3.63, 3.8) is 0 Å². The third-order valence-electron chi connectivity index (χ3n) is 3.30. The van der Waals surface area contributed by atoms with Crippen molar-refractivity contribution in [3.05, 3.63) is 56.6 Å². The van der Waals surface area contributed by atoms with E-state index in [1.807, 2.05) is 12.1 Å². The first-order valence-corrected chi connectivity index (χ1v) is 7.64. The number of aromatic nitrogens is 2. The predicted octanol–water partition coefficient (Wildman–Crippen LogP) is 3.01. The molecule has 20 heavy (non-hydrogen) atoms. The Bertz CT molecular complexity index is 742. The molecule has 0 aliphatic rings. The summed E-state index contributed by atoms with van der Waals surface area (Å²) in [6, 6.07) is 10.5. The van der Waals surface area contributed by atoms with Crippen molar-refractivity contribution in [1.82, 2.24) is 15.3 Å². The van der Waals surface area contributed by atoms with Gasteiger partial charge in [-0.15, -0.1) is 11.3 Å². The Kier molecular flexibility index (Phi) is 3.71. The zero-order chi connectivity index (χ0) is 13.9. The highest BCUT2D eigenvalue weighted by Crippen LogP contribution is 2.27. The summed E-state index contributed by atoms with van der Waals surface area (Å²) in [6.07, 6.45) is 1.09. The van der Waals surface area contributed by atoms with Crippen LogP contribution in [-0.2, 0) is 0 Å². The van der Waals surface area contributed by atoms with E-state index < -0.39 is 0 Å². The number of benzene rings is 1. The Morgan fingerprint density at radius 3 is 2.85 bits per heavy atom. The number of H-pyrrole nitrogens is 2. The molecule has 0 bridgehead atoms. The molecule has 0 aliphatic heterocycles. The molecule has 5 heteroatoms. The molecular weight excluding hydrogens is 270 g/mol. The fourth-order valence-corrected chi connectivity index (χ4v) is 3.18. The first-order valence-electron chi connectivity index (χ1n) is 6.76. The van der Waals surface area contributed by atoms with E-state index in [0.717, 1.165) is 24.0 Å². The van der Waals surface area contributed by atoms with Crippen LogP contribution in [0.1, 0.15) is 29.8 Å². The van der Waals surface area contributed by atoms with E-state index in [-0.39, 0.29) is 11.7 Å². The van der Waals surface area contributed by atoms with Gasteiger partial charge >= 0.3 is 5.69 Å². The van der Waals surface area contributed by atoms with Crippen molar-refractivity contribution < 1.29 is 0 Å². The highest BCUT2D eigenvalue weighted by molar-refractivity contribution is 7.10.